The molecule has 0 atom stereocenters. The molecule has 100 valence electrons. The van der Waals surface area contributed by atoms with E-state index in [1.807, 2.05) is 12.1 Å². The second kappa shape index (κ2) is 6.75. The number of carbonyl (C=O) groups excluding carboxylic acids is 1. The summed E-state index contributed by atoms with van der Waals surface area (Å²) in [5, 5.41) is 0. The van der Waals surface area contributed by atoms with Gasteiger partial charge in [0, 0.05) is 10.9 Å². The summed E-state index contributed by atoms with van der Waals surface area (Å²) in [5.74, 6) is 0.388. The Balaban J connectivity index is 2.50. The minimum atomic E-state index is -1.64. The van der Waals surface area contributed by atoms with Gasteiger partial charge in [-0.2, -0.15) is 0 Å². The van der Waals surface area contributed by atoms with Crippen molar-refractivity contribution in [3.63, 3.8) is 0 Å². The number of rotatable bonds is 3. The van der Waals surface area contributed by atoms with Gasteiger partial charge in [-0.3, -0.25) is 0 Å². The Morgan fingerprint density at radius 3 is 2.22 bits per heavy atom. The minimum absolute atomic E-state index is 0.161. The molecular weight excluding hydrogens is 319 g/mol. The number of alkyl halides is 3. The van der Waals surface area contributed by atoms with Gasteiger partial charge in [-0.05, 0) is 24.3 Å². The fraction of sp³-hybridized carbons (Fsp3) is 0.364. The van der Waals surface area contributed by atoms with E-state index in [2.05, 4.69) is 17.2 Å². The molecule has 0 saturated heterocycles. The van der Waals surface area contributed by atoms with Crippen LogP contribution >= 0.6 is 34.8 Å². The number of carbonyl (C=O) groups is 1. The van der Waals surface area contributed by atoms with Crippen LogP contribution in [0.4, 0.5) is 4.79 Å². The molecule has 0 aromatic heterocycles. The zero-order valence-electron chi connectivity index (χ0n) is 9.78. The van der Waals surface area contributed by atoms with Crippen molar-refractivity contribution in [3.8, 4) is 5.75 Å². The van der Waals surface area contributed by atoms with E-state index in [4.69, 9.17) is 39.5 Å². The van der Waals surface area contributed by atoms with E-state index in [-0.39, 0.29) is 17.5 Å². The normalized spacial score (nSPS) is 11.4. The maximum Gasteiger partial charge on any atom is 0.513 e. The maximum absolute atomic E-state index is 11.3. The molecule has 0 heterocycles. The molecule has 0 amide bonds. The maximum atomic E-state index is 11.3. The Hall–Kier alpha value is -0.290. The summed E-state index contributed by atoms with van der Waals surface area (Å²) in [5.41, 5.74) is 0. The smallest absolute Gasteiger partial charge is 0.429 e. The summed E-state index contributed by atoms with van der Waals surface area (Å²) in [7, 11) is 0.161. The summed E-state index contributed by atoms with van der Waals surface area (Å²) in [6.45, 7) is -0.359. The lowest BCUT2D eigenvalue weighted by Crippen LogP contribution is -2.19. The highest BCUT2D eigenvalue weighted by Crippen LogP contribution is 2.26. The number of halogens is 3. The SMILES string of the molecule is C[S+](C)c1ccc(OC(=O)OCC(Cl)(Cl)Cl)cc1. The van der Waals surface area contributed by atoms with Gasteiger partial charge in [0.1, 0.15) is 24.9 Å². The molecule has 0 unspecified atom stereocenters. The zero-order valence-corrected chi connectivity index (χ0v) is 12.9. The molecule has 1 aromatic carbocycles. The van der Waals surface area contributed by atoms with Crippen LogP contribution in [0, 0.1) is 0 Å². The van der Waals surface area contributed by atoms with Crippen LogP contribution in [0.25, 0.3) is 0 Å². The summed E-state index contributed by atoms with van der Waals surface area (Å²) < 4.78 is 7.91. The third-order valence-electron chi connectivity index (χ3n) is 1.85. The van der Waals surface area contributed by atoms with E-state index >= 15 is 0 Å². The van der Waals surface area contributed by atoms with E-state index in [9.17, 15) is 4.79 Å². The Bertz CT molecular complexity index is 401. The molecule has 0 aliphatic heterocycles. The Morgan fingerprint density at radius 1 is 1.22 bits per heavy atom. The van der Waals surface area contributed by atoms with E-state index in [1.54, 1.807) is 12.1 Å². The highest BCUT2D eigenvalue weighted by Gasteiger charge is 2.23. The average Bonchev–Trinajstić information content (AvgIpc) is 2.26. The third-order valence-corrected chi connectivity index (χ3v) is 3.39. The van der Waals surface area contributed by atoms with Gasteiger partial charge in [0.2, 0.25) is 3.79 Å². The van der Waals surface area contributed by atoms with Gasteiger partial charge in [-0.15, -0.1) is 0 Å². The van der Waals surface area contributed by atoms with Gasteiger partial charge in [0.25, 0.3) is 0 Å². The van der Waals surface area contributed by atoms with E-state index in [1.165, 1.54) is 4.90 Å². The van der Waals surface area contributed by atoms with Gasteiger partial charge in [0.05, 0.1) is 0 Å². The van der Waals surface area contributed by atoms with Crippen molar-refractivity contribution in [2.45, 2.75) is 8.69 Å². The molecule has 1 aromatic rings. The molecular formula is C11H12Cl3O3S+. The topological polar surface area (TPSA) is 35.5 Å². The molecule has 3 nitrogen and oxygen atoms in total. The summed E-state index contributed by atoms with van der Waals surface area (Å²) in [6.07, 6.45) is 3.30. The standard InChI is InChI=1S/C11H12Cl3O3S/c1-18(2)9-5-3-8(4-6-9)17-10(15)16-7-11(12,13)14/h3-6H,7H2,1-2H3/q+1. The van der Waals surface area contributed by atoms with Crippen LogP contribution in [0.3, 0.4) is 0 Å². The lowest BCUT2D eigenvalue weighted by Gasteiger charge is -2.11. The highest BCUT2D eigenvalue weighted by atomic mass is 35.6. The second-order valence-corrected chi connectivity index (χ2v) is 8.16. The summed E-state index contributed by atoms with van der Waals surface area (Å²) >= 11 is 16.3. The van der Waals surface area contributed by atoms with Crippen LogP contribution < -0.4 is 4.74 Å². The molecule has 0 spiro atoms. The first-order valence-corrected chi connectivity index (χ1v) is 8.04. The van der Waals surface area contributed by atoms with E-state index in [0.717, 1.165) is 0 Å². The lowest BCUT2D eigenvalue weighted by molar-refractivity contribution is 0.101. The van der Waals surface area contributed by atoms with Crippen molar-refractivity contribution >= 4 is 51.9 Å². The highest BCUT2D eigenvalue weighted by molar-refractivity contribution is 7.95. The van der Waals surface area contributed by atoms with Crippen LogP contribution in [0.1, 0.15) is 0 Å². The average molecular weight is 331 g/mol. The quantitative estimate of drug-likeness (QED) is 0.366. The number of hydrogen-bond donors (Lipinski definition) is 0. The Morgan fingerprint density at radius 2 is 1.78 bits per heavy atom. The molecule has 0 radical (unpaired) electrons. The fourth-order valence-electron chi connectivity index (χ4n) is 1.05. The molecule has 7 heteroatoms. The molecule has 0 aliphatic rings. The largest absolute Gasteiger partial charge is 0.513 e. The van der Waals surface area contributed by atoms with Crippen molar-refractivity contribution in [1.29, 1.82) is 0 Å². The van der Waals surface area contributed by atoms with Gasteiger partial charge in [0.15, 0.2) is 4.90 Å². The fourth-order valence-corrected chi connectivity index (χ4v) is 1.89. The van der Waals surface area contributed by atoms with Crippen LogP contribution in [0.15, 0.2) is 29.2 Å². The number of ether oxygens (including phenoxy) is 2. The predicted molar refractivity (Wildman–Crippen MR) is 76.2 cm³/mol. The van der Waals surface area contributed by atoms with E-state index < -0.39 is 9.95 Å². The first-order valence-electron chi connectivity index (χ1n) is 4.87. The van der Waals surface area contributed by atoms with E-state index in [0.29, 0.717) is 5.75 Å². The number of hydrogen-bond acceptors (Lipinski definition) is 3. The van der Waals surface area contributed by atoms with Crippen molar-refractivity contribution in [2.24, 2.45) is 0 Å². The first-order chi connectivity index (χ1) is 8.28. The molecule has 0 saturated carbocycles. The van der Waals surface area contributed by atoms with Crippen LogP contribution in [-0.2, 0) is 15.6 Å². The van der Waals surface area contributed by atoms with Gasteiger partial charge < -0.3 is 9.47 Å². The van der Waals surface area contributed by atoms with Gasteiger partial charge in [-0.1, -0.05) is 34.8 Å². The Labute approximate surface area is 124 Å². The molecule has 18 heavy (non-hydrogen) atoms. The van der Waals surface area contributed by atoms with Crippen molar-refractivity contribution in [1.82, 2.24) is 0 Å². The van der Waals surface area contributed by atoms with Crippen molar-refractivity contribution < 1.29 is 14.3 Å². The van der Waals surface area contributed by atoms with Crippen LogP contribution in [0.5, 0.6) is 5.75 Å². The van der Waals surface area contributed by atoms with Crippen LogP contribution in [0.2, 0.25) is 0 Å². The second-order valence-electron chi connectivity index (χ2n) is 3.54. The minimum Gasteiger partial charge on any atom is -0.429 e. The first kappa shape index (κ1) is 15.8. The van der Waals surface area contributed by atoms with Gasteiger partial charge >= 0.3 is 6.16 Å². The summed E-state index contributed by atoms with van der Waals surface area (Å²) in [4.78, 5) is 12.4. The Kier molecular flexibility index (Phi) is 5.92. The molecule has 0 aliphatic carbocycles. The molecule has 0 N–H and O–H groups in total. The van der Waals surface area contributed by atoms with Crippen molar-refractivity contribution in [2.75, 3.05) is 19.1 Å². The molecule has 0 fully saturated rings. The predicted octanol–water partition coefficient (Wildman–Crippen LogP) is 3.81. The molecule has 0 bridgehead atoms. The monoisotopic (exact) mass is 329 g/mol. The molecule has 1 rings (SSSR count). The lowest BCUT2D eigenvalue weighted by atomic mass is 10.3. The number of benzene rings is 1. The van der Waals surface area contributed by atoms with Crippen molar-refractivity contribution in [3.05, 3.63) is 24.3 Å². The van der Waals surface area contributed by atoms with Crippen LogP contribution in [-0.4, -0.2) is 29.1 Å². The third kappa shape index (κ3) is 6.05. The zero-order chi connectivity index (χ0) is 13.8. The van der Waals surface area contributed by atoms with Gasteiger partial charge in [-0.25, -0.2) is 4.79 Å². The summed E-state index contributed by atoms with van der Waals surface area (Å²) in [6, 6.07) is 7.17.